The van der Waals surface area contributed by atoms with Crippen LogP contribution in [0.2, 0.25) is 10.0 Å². The predicted molar refractivity (Wildman–Crippen MR) is 99.8 cm³/mol. The van der Waals surface area contributed by atoms with Gasteiger partial charge in [0.2, 0.25) is 0 Å². The van der Waals surface area contributed by atoms with Crippen LogP contribution in [0.15, 0.2) is 42.5 Å². The highest BCUT2D eigenvalue weighted by molar-refractivity contribution is 6.35. The maximum atomic E-state index is 12.0. The second-order valence-corrected chi connectivity index (χ2v) is 6.40. The zero-order valence-electron chi connectivity index (χ0n) is 14.2. The first kappa shape index (κ1) is 19.9. The van der Waals surface area contributed by atoms with Gasteiger partial charge in [0.25, 0.3) is 11.8 Å². The predicted octanol–water partition coefficient (Wildman–Crippen LogP) is 3.62. The van der Waals surface area contributed by atoms with Gasteiger partial charge in [-0.15, -0.1) is 0 Å². The number of benzene rings is 2. The van der Waals surface area contributed by atoms with E-state index >= 15 is 0 Å². The van der Waals surface area contributed by atoms with Gasteiger partial charge in [0.15, 0.2) is 6.61 Å². The normalized spacial score (nSPS) is 10.3. The largest absolute Gasteiger partial charge is 0.491 e. The number of nitrogens with one attached hydrogen (secondary N) is 2. The van der Waals surface area contributed by atoms with E-state index < -0.39 is 11.8 Å². The summed E-state index contributed by atoms with van der Waals surface area (Å²) in [4.78, 5) is 23.8. The van der Waals surface area contributed by atoms with Gasteiger partial charge < -0.3 is 9.47 Å². The van der Waals surface area contributed by atoms with E-state index in [9.17, 15) is 9.59 Å². The molecule has 0 aliphatic rings. The molecule has 2 aromatic carbocycles. The first-order valence-corrected chi connectivity index (χ1v) is 8.54. The fourth-order valence-electron chi connectivity index (χ4n) is 1.93. The molecule has 0 bridgehead atoms. The van der Waals surface area contributed by atoms with Crippen molar-refractivity contribution in [3.8, 4) is 11.5 Å². The van der Waals surface area contributed by atoms with Gasteiger partial charge >= 0.3 is 0 Å². The molecule has 0 saturated carbocycles. The van der Waals surface area contributed by atoms with Crippen molar-refractivity contribution in [2.75, 3.05) is 6.61 Å². The van der Waals surface area contributed by atoms with Crippen LogP contribution >= 0.6 is 23.2 Å². The van der Waals surface area contributed by atoms with Gasteiger partial charge in [-0.25, -0.2) is 0 Å². The molecule has 0 fully saturated rings. The van der Waals surface area contributed by atoms with Crippen LogP contribution in [0, 0.1) is 0 Å². The Morgan fingerprint density at radius 3 is 2.35 bits per heavy atom. The molecule has 0 spiro atoms. The fourth-order valence-corrected chi connectivity index (χ4v) is 2.39. The molecule has 0 radical (unpaired) electrons. The molecule has 0 saturated heterocycles. The lowest BCUT2D eigenvalue weighted by Crippen LogP contribution is -2.43. The standard InChI is InChI=1S/C18H18Cl2N2O4/c1-11(2)26-14-6-3-12(4-7-14)18(24)22-21-17(23)10-25-16-8-5-13(19)9-15(16)20/h3-9,11H,10H2,1-2H3,(H,21,23)(H,22,24). The number of hydrogen-bond acceptors (Lipinski definition) is 4. The van der Waals surface area contributed by atoms with E-state index in [1.165, 1.54) is 6.07 Å². The average molecular weight is 397 g/mol. The van der Waals surface area contributed by atoms with Crippen molar-refractivity contribution in [3.63, 3.8) is 0 Å². The van der Waals surface area contributed by atoms with Crippen LogP contribution in [0.3, 0.4) is 0 Å². The second-order valence-electron chi connectivity index (χ2n) is 5.56. The number of carbonyl (C=O) groups is 2. The van der Waals surface area contributed by atoms with Gasteiger partial charge in [-0.2, -0.15) is 0 Å². The minimum absolute atomic E-state index is 0.0445. The molecule has 2 aromatic rings. The maximum Gasteiger partial charge on any atom is 0.276 e. The van der Waals surface area contributed by atoms with Crippen LogP contribution in [0.5, 0.6) is 11.5 Å². The van der Waals surface area contributed by atoms with Crippen LogP contribution in [0.25, 0.3) is 0 Å². The van der Waals surface area contributed by atoms with Gasteiger partial charge in [-0.05, 0) is 56.3 Å². The molecule has 0 heterocycles. The SMILES string of the molecule is CC(C)Oc1ccc(C(=O)NNC(=O)COc2ccc(Cl)cc2Cl)cc1. The average Bonchev–Trinajstić information content (AvgIpc) is 2.59. The smallest absolute Gasteiger partial charge is 0.276 e. The Morgan fingerprint density at radius 1 is 1.04 bits per heavy atom. The summed E-state index contributed by atoms with van der Waals surface area (Å²) >= 11 is 11.7. The number of ether oxygens (including phenoxy) is 2. The topological polar surface area (TPSA) is 76.7 Å². The van der Waals surface area contributed by atoms with E-state index in [-0.39, 0.29) is 17.7 Å². The Kier molecular flexibility index (Phi) is 7.12. The van der Waals surface area contributed by atoms with E-state index in [0.29, 0.717) is 22.1 Å². The number of hydrazine groups is 1. The number of rotatable bonds is 6. The highest BCUT2D eigenvalue weighted by atomic mass is 35.5. The summed E-state index contributed by atoms with van der Waals surface area (Å²) in [7, 11) is 0. The van der Waals surface area contributed by atoms with Crippen molar-refractivity contribution in [3.05, 3.63) is 58.1 Å². The fraction of sp³-hybridized carbons (Fsp3) is 0.222. The van der Waals surface area contributed by atoms with Crippen LogP contribution in [-0.4, -0.2) is 24.5 Å². The van der Waals surface area contributed by atoms with E-state index in [1.54, 1.807) is 36.4 Å². The van der Waals surface area contributed by atoms with E-state index in [2.05, 4.69) is 10.9 Å². The Labute approximate surface area is 161 Å². The lowest BCUT2D eigenvalue weighted by molar-refractivity contribution is -0.123. The number of halogens is 2. The molecule has 138 valence electrons. The third-order valence-electron chi connectivity index (χ3n) is 3.06. The van der Waals surface area contributed by atoms with Gasteiger partial charge in [0.05, 0.1) is 11.1 Å². The first-order valence-electron chi connectivity index (χ1n) is 7.79. The molecule has 2 N–H and O–H groups in total. The highest BCUT2D eigenvalue weighted by Crippen LogP contribution is 2.27. The molecule has 0 unspecified atom stereocenters. The summed E-state index contributed by atoms with van der Waals surface area (Å²) in [5.41, 5.74) is 4.95. The number of amides is 2. The van der Waals surface area contributed by atoms with Crippen LogP contribution in [0.4, 0.5) is 0 Å². The summed E-state index contributed by atoms with van der Waals surface area (Å²) in [6.45, 7) is 3.51. The summed E-state index contributed by atoms with van der Waals surface area (Å²) in [6.07, 6.45) is 0.0445. The van der Waals surface area contributed by atoms with Crippen molar-refractivity contribution in [2.24, 2.45) is 0 Å². The van der Waals surface area contributed by atoms with Crippen LogP contribution < -0.4 is 20.3 Å². The lowest BCUT2D eigenvalue weighted by atomic mass is 10.2. The zero-order valence-corrected chi connectivity index (χ0v) is 15.7. The molecule has 2 rings (SSSR count). The Hall–Kier alpha value is -2.44. The van der Waals surface area contributed by atoms with Gasteiger partial charge in [0.1, 0.15) is 11.5 Å². The summed E-state index contributed by atoms with van der Waals surface area (Å²) in [5.74, 6) is -0.0183. The summed E-state index contributed by atoms with van der Waals surface area (Å²) in [5, 5.41) is 0.752. The molecular formula is C18H18Cl2N2O4. The maximum absolute atomic E-state index is 12.0. The van der Waals surface area contributed by atoms with E-state index in [1.807, 2.05) is 13.8 Å². The van der Waals surface area contributed by atoms with E-state index in [4.69, 9.17) is 32.7 Å². The molecule has 2 amide bonds. The Morgan fingerprint density at radius 2 is 1.73 bits per heavy atom. The van der Waals surface area contributed by atoms with E-state index in [0.717, 1.165) is 0 Å². The first-order chi connectivity index (χ1) is 12.3. The molecule has 0 aromatic heterocycles. The minimum atomic E-state index is -0.538. The molecule has 0 aliphatic heterocycles. The molecule has 26 heavy (non-hydrogen) atoms. The summed E-state index contributed by atoms with van der Waals surface area (Å²) in [6, 6.07) is 11.2. The van der Waals surface area contributed by atoms with Crippen molar-refractivity contribution < 1.29 is 19.1 Å². The minimum Gasteiger partial charge on any atom is -0.491 e. The third kappa shape index (κ3) is 6.13. The molecule has 0 aliphatic carbocycles. The van der Waals surface area contributed by atoms with Crippen molar-refractivity contribution in [1.29, 1.82) is 0 Å². The molecular weight excluding hydrogens is 379 g/mol. The summed E-state index contributed by atoms with van der Waals surface area (Å²) < 4.78 is 10.8. The molecule has 8 heteroatoms. The van der Waals surface area contributed by atoms with Gasteiger partial charge in [-0.3, -0.25) is 20.4 Å². The van der Waals surface area contributed by atoms with Crippen LogP contribution in [-0.2, 0) is 4.79 Å². The number of hydrogen-bond donors (Lipinski definition) is 2. The van der Waals surface area contributed by atoms with Crippen molar-refractivity contribution >= 4 is 35.0 Å². The third-order valence-corrected chi connectivity index (χ3v) is 3.59. The Balaban J connectivity index is 1.80. The quantitative estimate of drug-likeness (QED) is 0.730. The van der Waals surface area contributed by atoms with Gasteiger partial charge in [0, 0.05) is 10.6 Å². The zero-order chi connectivity index (χ0) is 19.1. The lowest BCUT2D eigenvalue weighted by Gasteiger charge is -2.11. The van der Waals surface area contributed by atoms with Crippen LogP contribution in [0.1, 0.15) is 24.2 Å². The van der Waals surface area contributed by atoms with Crippen molar-refractivity contribution in [1.82, 2.24) is 10.9 Å². The molecule has 6 nitrogen and oxygen atoms in total. The Bertz CT molecular complexity index is 779. The number of carbonyl (C=O) groups excluding carboxylic acids is 2. The highest BCUT2D eigenvalue weighted by Gasteiger charge is 2.10. The monoisotopic (exact) mass is 396 g/mol. The van der Waals surface area contributed by atoms with Gasteiger partial charge in [-0.1, -0.05) is 23.2 Å². The van der Waals surface area contributed by atoms with Crippen molar-refractivity contribution in [2.45, 2.75) is 20.0 Å². The molecule has 0 atom stereocenters. The second kappa shape index (κ2) is 9.31.